The molecule has 0 aliphatic heterocycles. The summed E-state index contributed by atoms with van der Waals surface area (Å²) in [7, 11) is 2.14. The zero-order valence-electron chi connectivity index (χ0n) is 17.5. The topological polar surface area (TPSA) is 16.8 Å². The van der Waals surface area contributed by atoms with E-state index in [4.69, 9.17) is 4.98 Å². The molecule has 0 N–H and O–H groups in total. The second-order valence-electron chi connectivity index (χ2n) is 8.82. The number of hydrogen-bond donors (Lipinski definition) is 0. The SMILES string of the molecule is Cc1cc(C)c(C)c(-c2nc3c(c[n+]2C)-c2cccc(C4CCCC4)c2C3)c1. The Hall–Kier alpha value is -2.48. The molecule has 142 valence electrons. The van der Waals surface area contributed by atoms with Gasteiger partial charge in [0.15, 0.2) is 5.69 Å². The second-order valence-corrected chi connectivity index (χ2v) is 8.82. The fraction of sp³-hybridized carbons (Fsp3) is 0.385. The summed E-state index contributed by atoms with van der Waals surface area (Å²) in [5.74, 6) is 1.83. The highest BCUT2D eigenvalue weighted by atomic mass is 15.0. The Kier molecular flexibility index (Phi) is 4.12. The maximum absolute atomic E-state index is 5.21. The summed E-state index contributed by atoms with van der Waals surface area (Å²) in [5, 5.41) is 0. The molecule has 2 aromatic carbocycles. The molecular formula is C26H29N2+. The van der Waals surface area contributed by atoms with E-state index in [1.54, 1.807) is 5.56 Å². The molecule has 0 radical (unpaired) electrons. The first-order valence-electron chi connectivity index (χ1n) is 10.6. The monoisotopic (exact) mass is 369 g/mol. The molecule has 1 fully saturated rings. The standard InChI is InChI=1S/C26H29N2/c1-16-12-17(2)18(3)22(13-16)26-27-25-14-23-20(19-8-5-6-9-19)10-7-11-21(23)24(25)15-28(26)4/h7,10-13,15,19H,5-6,8-9,14H2,1-4H3/q+1. The van der Waals surface area contributed by atoms with Gasteiger partial charge in [-0.1, -0.05) is 37.1 Å². The van der Waals surface area contributed by atoms with Crippen molar-refractivity contribution in [3.63, 3.8) is 0 Å². The molecule has 0 saturated heterocycles. The Labute approximate surface area is 168 Å². The number of rotatable bonds is 2. The van der Waals surface area contributed by atoms with Crippen LogP contribution in [0.5, 0.6) is 0 Å². The first-order chi connectivity index (χ1) is 13.5. The largest absolute Gasteiger partial charge is 0.330 e. The molecule has 0 unspecified atom stereocenters. The Morgan fingerprint density at radius 2 is 1.75 bits per heavy atom. The van der Waals surface area contributed by atoms with E-state index in [2.05, 4.69) is 68.9 Å². The van der Waals surface area contributed by atoms with Crippen molar-refractivity contribution in [1.82, 2.24) is 4.98 Å². The highest BCUT2D eigenvalue weighted by Crippen LogP contribution is 2.43. The Balaban J connectivity index is 1.63. The van der Waals surface area contributed by atoms with E-state index in [-0.39, 0.29) is 0 Å². The average molecular weight is 370 g/mol. The van der Waals surface area contributed by atoms with E-state index in [0.717, 1.165) is 18.2 Å². The smallest absolute Gasteiger partial charge is 0.232 e. The van der Waals surface area contributed by atoms with Crippen molar-refractivity contribution in [2.75, 3.05) is 0 Å². The summed E-state index contributed by atoms with van der Waals surface area (Å²) in [6, 6.07) is 11.5. The van der Waals surface area contributed by atoms with Gasteiger partial charge in [0.05, 0.1) is 18.2 Å². The van der Waals surface area contributed by atoms with E-state index in [1.807, 2.05) is 0 Å². The van der Waals surface area contributed by atoms with Crippen molar-refractivity contribution in [2.24, 2.45) is 7.05 Å². The minimum atomic E-state index is 0.749. The summed E-state index contributed by atoms with van der Waals surface area (Å²) in [6.07, 6.45) is 8.74. The molecule has 0 atom stereocenters. The highest BCUT2D eigenvalue weighted by molar-refractivity contribution is 5.76. The molecule has 2 aliphatic carbocycles. The van der Waals surface area contributed by atoms with Gasteiger partial charge in [0, 0.05) is 6.42 Å². The van der Waals surface area contributed by atoms with Gasteiger partial charge in [-0.15, -0.1) is 0 Å². The molecular weight excluding hydrogens is 340 g/mol. The lowest BCUT2D eigenvalue weighted by molar-refractivity contribution is -0.662. The molecule has 3 aromatic rings. The van der Waals surface area contributed by atoms with Gasteiger partial charge >= 0.3 is 5.82 Å². The minimum absolute atomic E-state index is 0.749. The molecule has 2 heteroatoms. The summed E-state index contributed by atoms with van der Waals surface area (Å²) in [4.78, 5) is 5.21. The van der Waals surface area contributed by atoms with E-state index >= 15 is 0 Å². The van der Waals surface area contributed by atoms with Crippen molar-refractivity contribution in [1.29, 1.82) is 0 Å². The molecule has 28 heavy (non-hydrogen) atoms. The summed E-state index contributed by atoms with van der Waals surface area (Å²) < 4.78 is 2.22. The summed E-state index contributed by atoms with van der Waals surface area (Å²) in [5.41, 5.74) is 12.3. The first kappa shape index (κ1) is 17.6. The third-order valence-corrected chi connectivity index (χ3v) is 6.90. The van der Waals surface area contributed by atoms with Crippen LogP contribution >= 0.6 is 0 Å². The lowest BCUT2D eigenvalue weighted by Crippen LogP contribution is -2.33. The Morgan fingerprint density at radius 1 is 0.964 bits per heavy atom. The summed E-state index contributed by atoms with van der Waals surface area (Å²) >= 11 is 0. The highest BCUT2D eigenvalue weighted by Gasteiger charge is 2.32. The van der Waals surface area contributed by atoms with E-state index < -0.39 is 0 Å². The third-order valence-electron chi connectivity index (χ3n) is 6.90. The predicted octanol–water partition coefficient (Wildman–Crippen LogP) is 5.73. The van der Waals surface area contributed by atoms with Crippen LogP contribution in [0.1, 0.15) is 65.1 Å². The van der Waals surface area contributed by atoms with Crippen LogP contribution in [0.2, 0.25) is 0 Å². The number of nitrogens with zero attached hydrogens (tertiary/aromatic N) is 2. The first-order valence-corrected chi connectivity index (χ1v) is 10.6. The Morgan fingerprint density at radius 3 is 2.54 bits per heavy atom. The van der Waals surface area contributed by atoms with Gasteiger partial charge in [0.2, 0.25) is 0 Å². The normalized spacial score (nSPS) is 15.7. The van der Waals surface area contributed by atoms with Crippen molar-refractivity contribution >= 4 is 0 Å². The second kappa shape index (κ2) is 6.55. The van der Waals surface area contributed by atoms with Crippen LogP contribution in [0.4, 0.5) is 0 Å². The van der Waals surface area contributed by atoms with Crippen molar-refractivity contribution in [2.45, 2.75) is 58.8 Å². The molecule has 0 spiro atoms. The lowest BCUT2D eigenvalue weighted by atomic mass is 9.90. The molecule has 0 amide bonds. The molecule has 0 bridgehead atoms. The van der Waals surface area contributed by atoms with Crippen LogP contribution in [0.15, 0.2) is 36.5 Å². The maximum atomic E-state index is 5.21. The van der Waals surface area contributed by atoms with E-state index in [1.165, 1.54) is 70.3 Å². The van der Waals surface area contributed by atoms with E-state index in [9.17, 15) is 0 Å². The quantitative estimate of drug-likeness (QED) is 0.413. The van der Waals surface area contributed by atoms with Crippen molar-refractivity contribution < 1.29 is 4.57 Å². The van der Waals surface area contributed by atoms with Crippen LogP contribution in [-0.2, 0) is 13.5 Å². The Bertz CT molecular complexity index is 1090. The fourth-order valence-corrected chi connectivity index (χ4v) is 5.32. The third kappa shape index (κ3) is 2.70. The number of aryl methyl sites for hydroxylation is 3. The van der Waals surface area contributed by atoms with Gasteiger partial charge in [-0.2, -0.15) is 0 Å². The zero-order chi connectivity index (χ0) is 19.4. The fourth-order valence-electron chi connectivity index (χ4n) is 5.32. The van der Waals surface area contributed by atoms with Gasteiger partial charge in [0.25, 0.3) is 0 Å². The lowest BCUT2D eigenvalue weighted by Gasteiger charge is -2.14. The van der Waals surface area contributed by atoms with Gasteiger partial charge in [-0.25, -0.2) is 4.57 Å². The van der Waals surface area contributed by atoms with Crippen LogP contribution in [0, 0.1) is 20.8 Å². The molecule has 5 rings (SSSR count). The number of benzene rings is 2. The molecule has 1 saturated carbocycles. The molecule has 1 aromatic heterocycles. The molecule has 2 nitrogen and oxygen atoms in total. The zero-order valence-corrected chi connectivity index (χ0v) is 17.5. The van der Waals surface area contributed by atoms with Gasteiger partial charge < -0.3 is 0 Å². The number of fused-ring (bicyclic) bond motifs is 3. The molecule has 2 aliphatic rings. The van der Waals surface area contributed by atoms with E-state index in [0.29, 0.717) is 0 Å². The average Bonchev–Trinajstić information content (AvgIpc) is 3.32. The van der Waals surface area contributed by atoms with Crippen LogP contribution < -0.4 is 4.57 Å². The minimum Gasteiger partial charge on any atom is -0.232 e. The van der Waals surface area contributed by atoms with Gasteiger partial charge in [-0.05, 0) is 84.0 Å². The molecule has 1 heterocycles. The van der Waals surface area contributed by atoms with Gasteiger partial charge in [-0.3, -0.25) is 0 Å². The summed E-state index contributed by atoms with van der Waals surface area (Å²) in [6.45, 7) is 6.59. The predicted molar refractivity (Wildman–Crippen MR) is 115 cm³/mol. The van der Waals surface area contributed by atoms with Crippen LogP contribution in [0.3, 0.4) is 0 Å². The van der Waals surface area contributed by atoms with Gasteiger partial charge in [0.1, 0.15) is 6.20 Å². The van der Waals surface area contributed by atoms with Crippen molar-refractivity contribution in [3.8, 4) is 22.5 Å². The van der Waals surface area contributed by atoms with Crippen LogP contribution in [0.25, 0.3) is 22.5 Å². The number of hydrogen-bond acceptors (Lipinski definition) is 1. The van der Waals surface area contributed by atoms with Crippen molar-refractivity contribution in [3.05, 3.63) is 70.0 Å². The van der Waals surface area contributed by atoms with Crippen LogP contribution in [-0.4, -0.2) is 4.98 Å². The number of aromatic nitrogens is 2. The maximum Gasteiger partial charge on any atom is 0.330 e.